The van der Waals surface area contributed by atoms with Crippen molar-refractivity contribution in [3.63, 3.8) is 0 Å². The summed E-state index contributed by atoms with van der Waals surface area (Å²) in [5, 5.41) is 0.181. The van der Waals surface area contributed by atoms with Crippen LogP contribution in [0.15, 0.2) is 18.2 Å². The summed E-state index contributed by atoms with van der Waals surface area (Å²) in [6.07, 6.45) is 2.17. The second kappa shape index (κ2) is 5.02. The van der Waals surface area contributed by atoms with Gasteiger partial charge in [-0.3, -0.25) is 0 Å². The Morgan fingerprint density at radius 2 is 2.06 bits per heavy atom. The van der Waals surface area contributed by atoms with Crippen LogP contribution in [0.3, 0.4) is 0 Å². The third kappa shape index (κ3) is 2.47. The van der Waals surface area contributed by atoms with Gasteiger partial charge in [0.05, 0.1) is 5.02 Å². The van der Waals surface area contributed by atoms with Crippen LogP contribution < -0.4 is 10.6 Å². The van der Waals surface area contributed by atoms with E-state index >= 15 is 0 Å². The fourth-order valence-electron chi connectivity index (χ4n) is 2.11. The standard InChI is InChI=1S/C12H16ClFN2/c13-11-2-1-10(7-12(11)14)16-5-3-9(8-15)4-6-16/h1-2,7,9H,3-6,8,15H2. The molecule has 4 heteroatoms. The van der Waals surface area contributed by atoms with Gasteiger partial charge in [-0.05, 0) is 43.5 Å². The molecule has 1 saturated heterocycles. The molecule has 1 aromatic rings. The van der Waals surface area contributed by atoms with Crippen LogP contribution in [0.4, 0.5) is 10.1 Å². The SMILES string of the molecule is NCC1CCN(c2ccc(Cl)c(F)c2)CC1. The Kier molecular flexibility index (Phi) is 3.66. The predicted molar refractivity (Wildman–Crippen MR) is 65.4 cm³/mol. The summed E-state index contributed by atoms with van der Waals surface area (Å²) in [6, 6.07) is 4.99. The Morgan fingerprint density at radius 3 is 2.62 bits per heavy atom. The molecule has 16 heavy (non-hydrogen) atoms. The van der Waals surface area contributed by atoms with Crippen molar-refractivity contribution in [2.75, 3.05) is 24.5 Å². The zero-order valence-corrected chi connectivity index (χ0v) is 9.88. The molecule has 0 aliphatic carbocycles. The third-order valence-corrected chi connectivity index (χ3v) is 3.52. The average molecular weight is 243 g/mol. The molecule has 1 aliphatic heterocycles. The molecule has 1 heterocycles. The molecule has 0 spiro atoms. The molecule has 0 amide bonds. The van der Waals surface area contributed by atoms with E-state index in [0.717, 1.165) is 38.2 Å². The first-order valence-electron chi connectivity index (χ1n) is 5.61. The van der Waals surface area contributed by atoms with Crippen molar-refractivity contribution in [2.45, 2.75) is 12.8 Å². The molecule has 88 valence electrons. The number of rotatable bonds is 2. The van der Waals surface area contributed by atoms with Crippen LogP contribution in [-0.4, -0.2) is 19.6 Å². The Bertz CT molecular complexity index is 362. The van der Waals surface area contributed by atoms with Gasteiger partial charge in [0.1, 0.15) is 5.82 Å². The monoisotopic (exact) mass is 242 g/mol. The summed E-state index contributed by atoms with van der Waals surface area (Å²) in [6.45, 7) is 2.65. The number of nitrogens with zero attached hydrogens (tertiary/aromatic N) is 1. The van der Waals surface area contributed by atoms with Crippen molar-refractivity contribution in [1.29, 1.82) is 0 Å². The maximum absolute atomic E-state index is 13.3. The lowest BCUT2D eigenvalue weighted by Gasteiger charge is -2.33. The minimum absolute atomic E-state index is 0.181. The van der Waals surface area contributed by atoms with Gasteiger partial charge < -0.3 is 10.6 Å². The van der Waals surface area contributed by atoms with E-state index in [9.17, 15) is 4.39 Å². The molecule has 0 atom stereocenters. The Morgan fingerprint density at radius 1 is 1.38 bits per heavy atom. The fourth-order valence-corrected chi connectivity index (χ4v) is 2.23. The summed E-state index contributed by atoms with van der Waals surface area (Å²) in [4.78, 5) is 2.19. The second-order valence-electron chi connectivity index (χ2n) is 4.26. The fraction of sp³-hybridized carbons (Fsp3) is 0.500. The van der Waals surface area contributed by atoms with Crippen LogP contribution in [0.1, 0.15) is 12.8 Å². The highest BCUT2D eigenvalue weighted by Gasteiger charge is 2.18. The Balaban J connectivity index is 2.05. The van der Waals surface area contributed by atoms with Gasteiger partial charge in [0, 0.05) is 18.8 Å². The van der Waals surface area contributed by atoms with Gasteiger partial charge in [-0.15, -0.1) is 0 Å². The van der Waals surface area contributed by atoms with Crippen molar-refractivity contribution in [3.05, 3.63) is 29.0 Å². The van der Waals surface area contributed by atoms with Gasteiger partial charge in [-0.25, -0.2) is 4.39 Å². The zero-order chi connectivity index (χ0) is 11.5. The predicted octanol–water partition coefficient (Wildman–Crippen LogP) is 2.65. The molecule has 0 unspecified atom stereocenters. The van der Waals surface area contributed by atoms with Gasteiger partial charge in [0.25, 0.3) is 0 Å². The number of piperidine rings is 1. The number of hydrogen-bond donors (Lipinski definition) is 1. The Labute approximate surface area is 100 Å². The number of halogens is 2. The van der Waals surface area contributed by atoms with Crippen LogP contribution in [0.25, 0.3) is 0 Å². The summed E-state index contributed by atoms with van der Waals surface area (Å²) in [5.74, 6) is 0.272. The number of benzene rings is 1. The zero-order valence-electron chi connectivity index (χ0n) is 9.13. The quantitative estimate of drug-likeness (QED) is 0.864. The highest BCUT2D eigenvalue weighted by atomic mass is 35.5. The van der Waals surface area contributed by atoms with Crippen LogP contribution in [0.5, 0.6) is 0 Å². The van der Waals surface area contributed by atoms with Gasteiger partial charge in [0.15, 0.2) is 0 Å². The molecule has 2 rings (SSSR count). The van der Waals surface area contributed by atoms with E-state index < -0.39 is 0 Å². The minimum Gasteiger partial charge on any atom is -0.371 e. The van der Waals surface area contributed by atoms with E-state index in [2.05, 4.69) is 4.90 Å². The maximum Gasteiger partial charge on any atom is 0.143 e. The molecular formula is C12H16ClFN2. The Hall–Kier alpha value is -0.800. The first-order chi connectivity index (χ1) is 7.70. The van der Waals surface area contributed by atoms with E-state index in [-0.39, 0.29) is 10.8 Å². The maximum atomic E-state index is 13.3. The lowest BCUT2D eigenvalue weighted by atomic mass is 9.97. The molecule has 0 radical (unpaired) electrons. The van der Waals surface area contributed by atoms with Crippen molar-refractivity contribution in [3.8, 4) is 0 Å². The summed E-state index contributed by atoms with van der Waals surface area (Å²) in [5.41, 5.74) is 6.55. The highest BCUT2D eigenvalue weighted by Crippen LogP contribution is 2.25. The molecule has 1 aromatic carbocycles. The minimum atomic E-state index is -0.347. The lowest BCUT2D eigenvalue weighted by molar-refractivity contribution is 0.414. The summed E-state index contributed by atoms with van der Waals surface area (Å²) >= 11 is 5.66. The van der Waals surface area contributed by atoms with Crippen LogP contribution in [-0.2, 0) is 0 Å². The summed E-state index contributed by atoms with van der Waals surface area (Å²) in [7, 11) is 0. The number of anilines is 1. The average Bonchev–Trinajstić information content (AvgIpc) is 2.33. The van der Waals surface area contributed by atoms with Crippen molar-refractivity contribution < 1.29 is 4.39 Å². The second-order valence-corrected chi connectivity index (χ2v) is 4.67. The van der Waals surface area contributed by atoms with Crippen LogP contribution >= 0.6 is 11.6 Å². The molecule has 1 aliphatic rings. The topological polar surface area (TPSA) is 29.3 Å². The van der Waals surface area contributed by atoms with E-state index in [4.69, 9.17) is 17.3 Å². The molecule has 0 aromatic heterocycles. The lowest BCUT2D eigenvalue weighted by Crippen LogP contribution is -2.36. The first-order valence-corrected chi connectivity index (χ1v) is 5.98. The normalized spacial score (nSPS) is 17.8. The van der Waals surface area contributed by atoms with Crippen LogP contribution in [0, 0.1) is 11.7 Å². The molecule has 0 bridgehead atoms. The van der Waals surface area contributed by atoms with Crippen LogP contribution in [0.2, 0.25) is 5.02 Å². The van der Waals surface area contributed by atoms with E-state index in [1.54, 1.807) is 6.07 Å². The van der Waals surface area contributed by atoms with E-state index in [0.29, 0.717) is 5.92 Å². The smallest absolute Gasteiger partial charge is 0.143 e. The number of nitrogens with two attached hydrogens (primary N) is 1. The first kappa shape index (κ1) is 11.7. The molecule has 0 saturated carbocycles. The van der Waals surface area contributed by atoms with Crippen molar-refractivity contribution in [1.82, 2.24) is 0 Å². The third-order valence-electron chi connectivity index (χ3n) is 3.22. The van der Waals surface area contributed by atoms with Crippen molar-refractivity contribution >= 4 is 17.3 Å². The molecule has 1 fully saturated rings. The molecule has 2 N–H and O–H groups in total. The summed E-state index contributed by atoms with van der Waals surface area (Å²) < 4.78 is 13.3. The van der Waals surface area contributed by atoms with E-state index in [1.807, 2.05) is 6.07 Å². The van der Waals surface area contributed by atoms with Gasteiger partial charge >= 0.3 is 0 Å². The van der Waals surface area contributed by atoms with E-state index in [1.165, 1.54) is 6.07 Å². The number of hydrogen-bond acceptors (Lipinski definition) is 2. The molecule has 2 nitrogen and oxygen atoms in total. The van der Waals surface area contributed by atoms with Gasteiger partial charge in [-0.2, -0.15) is 0 Å². The highest BCUT2D eigenvalue weighted by molar-refractivity contribution is 6.30. The van der Waals surface area contributed by atoms with Gasteiger partial charge in [-0.1, -0.05) is 11.6 Å². The van der Waals surface area contributed by atoms with Crippen molar-refractivity contribution in [2.24, 2.45) is 11.7 Å². The largest absolute Gasteiger partial charge is 0.371 e. The van der Waals surface area contributed by atoms with Gasteiger partial charge in [0.2, 0.25) is 0 Å². The molecular weight excluding hydrogens is 227 g/mol.